The molecule has 0 amide bonds. The molecule has 0 radical (unpaired) electrons. The highest BCUT2D eigenvalue weighted by atomic mass is 32.1. The number of fused-ring (bicyclic) bond motifs is 3. The summed E-state index contributed by atoms with van der Waals surface area (Å²) >= 11 is 3.53. The summed E-state index contributed by atoms with van der Waals surface area (Å²) in [6, 6.07) is 5.71. The Morgan fingerprint density at radius 3 is 1.63 bits per heavy atom. The van der Waals surface area contributed by atoms with E-state index in [1.165, 1.54) is 0 Å². The number of rotatable bonds is 3. The molecular weight excluding hydrogens is 658 g/mol. The first-order valence-corrected chi connectivity index (χ1v) is 19.4. The molecule has 0 spiro atoms. The molecule has 292 valence electrons. The molecule has 0 atom stereocenters. The maximum atomic E-state index is 13.3. The molecular formula is C41H74B2O7S. The van der Waals surface area contributed by atoms with Crippen molar-refractivity contribution in [2.75, 3.05) is 6.26 Å². The lowest BCUT2D eigenvalue weighted by Crippen LogP contribution is -2.41. The maximum Gasteiger partial charge on any atom is 0.494 e. The summed E-state index contributed by atoms with van der Waals surface area (Å²) in [5.74, 6) is 0.528. The Morgan fingerprint density at radius 2 is 1.20 bits per heavy atom. The van der Waals surface area contributed by atoms with Crippen LogP contribution in [0.1, 0.15) is 150 Å². The molecule has 1 aromatic heterocycles. The smallest absolute Gasteiger partial charge is 0.488 e. The fourth-order valence-electron chi connectivity index (χ4n) is 4.82. The van der Waals surface area contributed by atoms with Crippen molar-refractivity contribution in [2.45, 2.75) is 168 Å². The zero-order chi connectivity index (χ0) is 39.8. The van der Waals surface area contributed by atoms with Gasteiger partial charge in [-0.3, -0.25) is 0 Å². The fourth-order valence-corrected chi connectivity index (χ4v) is 4.82. The Labute approximate surface area is 319 Å². The zero-order valence-corrected chi connectivity index (χ0v) is 36.2. The Bertz CT molecular complexity index is 1420. The molecule has 0 bridgehead atoms. The van der Waals surface area contributed by atoms with Gasteiger partial charge in [-0.15, -0.1) is 0 Å². The summed E-state index contributed by atoms with van der Waals surface area (Å²) in [6.45, 7) is 42.2. The second kappa shape index (κ2) is 23.4. The van der Waals surface area contributed by atoms with Crippen LogP contribution in [-0.4, -0.2) is 42.9 Å². The van der Waals surface area contributed by atoms with E-state index >= 15 is 0 Å². The van der Waals surface area contributed by atoms with Gasteiger partial charge in [-0.2, -0.15) is 12.6 Å². The number of benzene rings is 1. The van der Waals surface area contributed by atoms with Crippen molar-refractivity contribution in [1.29, 1.82) is 0 Å². The van der Waals surface area contributed by atoms with Crippen LogP contribution >= 0.6 is 12.6 Å². The quantitative estimate of drug-likeness (QED) is 0.191. The Morgan fingerprint density at radius 1 is 0.765 bits per heavy atom. The van der Waals surface area contributed by atoms with Crippen LogP contribution in [0.2, 0.25) is 0 Å². The molecule has 51 heavy (non-hydrogen) atoms. The molecule has 7 nitrogen and oxygen atoms in total. The standard InChI is InChI=1S/C29H36B2O7.5C2H6.CH4S.CH4/c1-11-19-22(14-17(2)30-35-26(3,4)27(5,6)36-30)33-16-21-20-13-12-18(15-23(20)34-25(32)24(19)21)31-37-28(7,8)29(9,10)38-31;6*1-2;/h11-15H,2,16H2,1,3-10H3;5*1-2H3;2H,1H3;1H4/b19-11+,22-14+;;;;;;;. The molecule has 4 heterocycles. The average Bonchev–Trinajstić information content (AvgIpc) is 3.49. The van der Waals surface area contributed by atoms with Gasteiger partial charge in [-0.05, 0) is 91.6 Å². The third-order valence-corrected chi connectivity index (χ3v) is 8.63. The first-order chi connectivity index (χ1) is 23.6. The van der Waals surface area contributed by atoms with Crippen molar-refractivity contribution >= 4 is 48.9 Å². The van der Waals surface area contributed by atoms with Gasteiger partial charge < -0.3 is 27.8 Å². The lowest BCUT2D eigenvalue weighted by Gasteiger charge is -2.32. The van der Waals surface area contributed by atoms with Gasteiger partial charge >= 0.3 is 19.9 Å². The highest BCUT2D eigenvalue weighted by Crippen LogP contribution is 2.41. The maximum absolute atomic E-state index is 13.3. The summed E-state index contributed by atoms with van der Waals surface area (Å²) in [4.78, 5) is 13.3. The van der Waals surface area contributed by atoms with E-state index in [1.54, 1.807) is 12.3 Å². The van der Waals surface area contributed by atoms with E-state index in [0.717, 1.165) is 16.4 Å². The van der Waals surface area contributed by atoms with E-state index in [4.69, 9.17) is 27.8 Å². The van der Waals surface area contributed by atoms with E-state index in [1.807, 2.05) is 156 Å². The van der Waals surface area contributed by atoms with E-state index < -0.39 is 42.3 Å². The fraction of sp³-hybridized carbons (Fsp3) is 0.634. The van der Waals surface area contributed by atoms with E-state index in [9.17, 15) is 4.79 Å². The van der Waals surface area contributed by atoms with Gasteiger partial charge in [-0.25, -0.2) is 4.79 Å². The van der Waals surface area contributed by atoms with Crippen LogP contribution in [0.5, 0.6) is 0 Å². The van der Waals surface area contributed by atoms with E-state index in [2.05, 4.69) is 19.2 Å². The number of allylic oxidation sites excluding steroid dienone is 4. The minimum atomic E-state index is -0.614. The van der Waals surface area contributed by atoms with Crippen LogP contribution < -0.4 is 11.1 Å². The van der Waals surface area contributed by atoms with Crippen molar-refractivity contribution in [1.82, 2.24) is 0 Å². The van der Waals surface area contributed by atoms with E-state index in [-0.39, 0.29) is 14.0 Å². The van der Waals surface area contributed by atoms with Crippen LogP contribution in [0.15, 0.2) is 57.4 Å². The van der Waals surface area contributed by atoms with Gasteiger partial charge in [0.25, 0.3) is 0 Å². The Hall–Kier alpha value is -2.23. The minimum absolute atomic E-state index is 0. The van der Waals surface area contributed by atoms with Crippen molar-refractivity contribution in [3.8, 4) is 0 Å². The predicted molar refractivity (Wildman–Crippen MR) is 228 cm³/mol. The summed E-state index contributed by atoms with van der Waals surface area (Å²) < 4.78 is 36.6. The number of thiol groups is 1. The normalized spacial score (nSPS) is 19.5. The van der Waals surface area contributed by atoms with Crippen LogP contribution in [0.3, 0.4) is 0 Å². The topological polar surface area (TPSA) is 76.4 Å². The van der Waals surface area contributed by atoms with Gasteiger partial charge in [0.05, 0.1) is 28.0 Å². The Balaban J connectivity index is -0.00000161. The molecule has 2 aromatic rings. The van der Waals surface area contributed by atoms with Gasteiger partial charge in [-0.1, -0.05) is 101 Å². The molecule has 3 aliphatic heterocycles. The van der Waals surface area contributed by atoms with Gasteiger partial charge in [0, 0.05) is 16.5 Å². The zero-order valence-electron chi connectivity index (χ0n) is 35.3. The van der Waals surface area contributed by atoms with Crippen LogP contribution in [-0.2, 0) is 30.0 Å². The van der Waals surface area contributed by atoms with E-state index in [0.29, 0.717) is 28.0 Å². The van der Waals surface area contributed by atoms with Crippen LogP contribution in [0, 0.1) is 0 Å². The molecule has 1 aromatic carbocycles. The molecule has 0 N–H and O–H groups in total. The number of hydrogen-bond acceptors (Lipinski definition) is 8. The minimum Gasteiger partial charge on any atom is -0.488 e. The first kappa shape index (κ1) is 53.1. The summed E-state index contributed by atoms with van der Waals surface area (Å²) in [5.41, 5.74) is 1.45. The van der Waals surface area contributed by atoms with Crippen molar-refractivity contribution in [3.05, 3.63) is 69.7 Å². The molecule has 0 unspecified atom stereocenters. The SMILES string of the molecule is C.C=C(/C=C1/OCc2c(c(=O)oc3cc(B4OC(C)(C)C(C)(C)O4)ccc23)/C1=C/C)B1OC(C)(C)C(C)(C)O1.CC.CC.CC.CC.CC.CS. The van der Waals surface area contributed by atoms with Crippen molar-refractivity contribution < 1.29 is 27.8 Å². The molecule has 2 fully saturated rings. The second-order valence-corrected chi connectivity index (χ2v) is 12.2. The summed E-state index contributed by atoms with van der Waals surface area (Å²) in [7, 11) is -1.17. The Kier molecular flexibility index (Phi) is 24.4. The molecule has 2 saturated heterocycles. The second-order valence-electron chi connectivity index (χ2n) is 12.2. The van der Waals surface area contributed by atoms with Gasteiger partial charge in [0.15, 0.2) is 0 Å². The molecule has 5 rings (SSSR count). The highest BCUT2D eigenvalue weighted by molar-refractivity contribution is 7.79. The largest absolute Gasteiger partial charge is 0.494 e. The predicted octanol–water partition coefficient (Wildman–Crippen LogP) is 11.4. The van der Waals surface area contributed by atoms with Gasteiger partial charge in [0.2, 0.25) is 0 Å². The van der Waals surface area contributed by atoms with Crippen molar-refractivity contribution in [3.63, 3.8) is 0 Å². The lowest BCUT2D eigenvalue weighted by molar-refractivity contribution is 0.00578. The molecule has 10 heteroatoms. The monoisotopic (exact) mass is 733 g/mol. The highest BCUT2D eigenvalue weighted by Gasteiger charge is 2.53. The number of ether oxygens (including phenoxy) is 1. The molecule has 0 aliphatic carbocycles. The van der Waals surface area contributed by atoms with Crippen LogP contribution in [0.25, 0.3) is 16.5 Å². The third-order valence-electron chi connectivity index (χ3n) is 8.63. The lowest BCUT2D eigenvalue weighted by atomic mass is 9.78. The first-order valence-electron chi connectivity index (χ1n) is 18.5. The van der Waals surface area contributed by atoms with Crippen molar-refractivity contribution in [2.24, 2.45) is 0 Å². The summed E-state index contributed by atoms with van der Waals surface area (Å²) in [5, 5.41) is 0.808. The summed E-state index contributed by atoms with van der Waals surface area (Å²) in [6.07, 6.45) is 5.33. The molecule has 3 aliphatic rings. The number of hydrogen-bond donors (Lipinski definition) is 1. The third kappa shape index (κ3) is 11.9. The average molecular weight is 733 g/mol. The molecule has 0 saturated carbocycles. The van der Waals surface area contributed by atoms with Gasteiger partial charge in [0.1, 0.15) is 17.9 Å². The van der Waals surface area contributed by atoms with Crippen LogP contribution in [0.4, 0.5) is 0 Å².